The highest BCUT2D eigenvalue weighted by molar-refractivity contribution is 7.93. The molecule has 35 heavy (non-hydrogen) atoms. The molecule has 1 fully saturated rings. The second-order valence-corrected chi connectivity index (χ2v) is 10.4. The van der Waals surface area contributed by atoms with Gasteiger partial charge in [-0.05, 0) is 13.3 Å². The Morgan fingerprint density at radius 3 is 2.34 bits per heavy atom. The Balaban J connectivity index is 1.76. The molecular formula is C20H25ClN8O5S. The van der Waals surface area contributed by atoms with Crippen molar-refractivity contribution in [1.82, 2.24) is 34.7 Å². The molecular weight excluding hydrogens is 500 g/mol. The molecule has 1 aliphatic heterocycles. The molecule has 3 aromatic rings. The van der Waals surface area contributed by atoms with E-state index in [2.05, 4.69) is 34.9 Å². The fraction of sp³-hybridized carbons (Fsp3) is 0.500. The number of anilines is 1. The zero-order valence-electron chi connectivity index (χ0n) is 19.5. The lowest BCUT2D eigenvalue weighted by Crippen LogP contribution is -2.31. The summed E-state index contributed by atoms with van der Waals surface area (Å²) >= 11 is 5.86. The molecule has 4 heterocycles. The van der Waals surface area contributed by atoms with Crippen molar-refractivity contribution < 1.29 is 22.6 Å². The third-order valence-corrected chi connectivity index (χ3v) is 7.87. The summed E-state index contributed by atoms with van der Waals surface area (Å²) in [6.07, 6.45) is 4.82. The standard InChI is InChI=1S/C20H25ClN8O5S/c1-11(16-22-7-14(21)8-23-16)12(2)35(30,31)28-20-27-26-17(13-5-6-34-9-13)29(20)15-18(32-3)24-10-25-19(15)33-4/h7-8,10-13H,5-6,9H2,1-4H3,(H,27,28)/t11?,12?,13-/m1/s1. The first kappa shape index (κ1) is 25.0. The Morgan fingerprint density at radius 2 is 1.77 bits per heavy atom. The van der Waals surface area contributed by atoms with Gasteiger partial charge in [0.1, 0.15) is 18.0 Å². The molecule has 0 bridgehead atoms. The zero-order chi connectivity index (χ0) is 25.2. The first-order valence-corrected chi connectivity index (χ1v) is 12.6. The van der Waals surface area contributed by atoms with Crippen LogP contribution in [-0.2, 0) is 14.8 Å². The van der Waals surface area contributed by atoms with Gasteiger partial charge in [-0.15, -0.1) is 10.2 Å². The van der Waals surface area contributed by atoms with E-state index in [4.69, 9.17) is 25.8 Å². The third-order valence-electron chi connectivity index (χ3n) is 5.82. The van der Waals surface area contributed by atoms with Crippen molar-refractivity contribution in [2.45, 2.75) is 37.4 Å². The summed E-state index contributed by atoms with van der Waals surface area (Å²) in [5.41, 5.74) is 0.267. The quantitative estimate of drug-likeness (QED) is 0.436. The molecule has 0 amide bonds. The van der Waals surface area contributed by atoms with Crippen LogP contribution < -0.4 is 14.2 Å². The van der Waals surface area contributed by atoms with Crippen molar-refractivity contribution in [2.75, 3.05) is 32.2 Å². The van der Waals surface area contributed by atoms with Crippen LogP contribution in [-0.4, -0.2) is 75.8 Å². The van der Waals surface area contributed by atoms with Gasteiger partial charge in [-0.25, -0.2) is 18.4 Å². The van der Waals surface area contributed by atoms with E-state index in [9.17, 15) is 8.42 Å². The number of aromatic nitrogens is 7. The molecule has 1 N–H and O–H groups in total. The van der Waals surface area contributed by atoms with Gasteiger partial charge in [0, 0.05) is 30.8 Å². The number of hydrogen-bond acceptors (Lipinski definition) is 11. The van der Waals surface area contributed by atoms with Crippen LogP contribution in [0.15, 0.2) is 18.7 Å². The molecule has 1 saturated heterocycles. The number of ether oxygens (including phenoxy) is 3. The minimum atomic E-state index is -3.99. The largest absolute Gasteiger partial charge is 0.479 e. The summed E-state index contributed by atoms with van der Waals surface area (Å²) in [5.74, 6) is 0.392. The van der Waals surface area contributed by atoms with Crippen LogP contribution in [0, 0.1) is 0 Å². The molecule has 0 aromatic carbocycles. The SMILES string of the molecule is COc1ncnc(OC)c1-n1c(NS(=O)(=O)C(C)C(C)c2ncc(Cl)cn2)nnc1[C@@H]1CCOC1. The van der Waals surface area contributed by atoms with Crippen LogP contribution in [0.5, 0.6) is 11.8 Å². The Bertz CT molecular complexity index is 1260. The van der Waals surface area contributed by atoms with E-state index in [-0.39, 0.29) is 29.3 Å². The van der Waals surface area contributed by atoms with Gasteiger partial charge in [-0.3, -0.25) is 9.29 Å². The fourth-order valence-electron chi connectivity index (χ4n) is 3.68. The average Bonchev–Trinajstić information content (AvgIpc) is 3.52. The lowest BCUT2D eigenvalue weighted by Gasteiger charge is -2.21. The van der Waals surface area contributed by atoms with E-state index in [0.29, 0.717) is 36.3 Å². The number of halogens is 1. The molecule has 13 nitrogen and oxygen atoms in total. The first-order chi connectivity index (χ1) is 16.8. The third kappa shape index (κ3) is 4.99. The number of sulfonamides is 1. The van der Waals surface area contributed by atoms with Crippen LogP contribution in [0.2, 0.25) is 5.02 Å². The maximum atomic E-state index is 13.4. The molecule has 0 spiro atoms. The Kier molecular flexibility index (Phi) is 7.33. The van der Waals surface area contributed by atoms with Crippen LogP contribution in [0.3, 0.4) is 0 Å². The smallest absolute Gasteiger partial charge is 0.245 e. The maximum Gasteiger partial charge on any atom is 0.245 e. The lowest BCUT2D eigenvalue weighted by molar-refractivity contribution is 0.193. The second kappa shape index (κ2) is 10.3. The predicted molar refractivity (Wildman–Crippen MR) is 126 cm³/mol. The molecule has 4 rings (SSSR count). The van der Waals surface area contributed by atoms with E-state index >= 15 is 0 Å². The van der Waals surface area contributed by atoms with Crippen LogP contribution in [0.1, 0.15) is 43.8 Å². The first-order valence-electron chi connectivity index (χ1n) is 10.7. The number of hydrogen-bond donors (Lipinski definition) is 1. The Labute approximate surface area is 207 Å². The van der Waals surface area contributed by atoms with Gasteiger partial charge >= 0.3 is 0 Å². The second-order valence-electron chi connectivity index (χ2n) is 7.92. The summed E-state index contributed by atoms with van der Waals surface area (Å²) in [4.78, 5) is 16.6. The Morgan fingerprint density at radius 1 is 1.11 bits per heavy atom. The van der Waals surface area contributed by atoms with Gasteiger partial charge in [-0.1, -0.05) is 18.5 Å². The minimum Gasteiger partial charge on any atom is -0.479 e. The average molecular weight is 525 g/mol. The fourth-order valence-corrected chi connectivity index (χ4v) is 5.01. The highest BCUT2D eigenvalue weighted by atomic mass is 35.5. The van der Waals surface area contributed by atoms with Gasteiger partial charge in [0.05, 0.1) is 31.1 Å². The van der Waals surface area contributed by atoms with Crippen molar-refractivity contribution in [3.63, 3.8) is 0 Å². The van der Waals surface area contributed by atoms with Gasteiger partial charge in [0.15, 0.2) is 5.69 Å². The molecule has 0 saturated carbocycles. The predicted octanol–water partition coefficient (Wildman–Crippen LogP) is 1.96. The van der Waals surface area contributed by atoms with Crippen molar-refractivity contribution in [2.24, 2.45) is 0 Å². The molecule has 2 unspecified atom stereocenters. The monoisotopic (exact) mass is 524 g/mol. The molecule has 3 atom stereocenters. The van der Waals surface area contributed by atoms with Crippen molar-refractivity contribution in [3.8, 4) is 17.4 Å². The van der Waals surface area contributed by atoms with Crippen LogP contribution in [0.25, 0.3) is 5.69 Å². The van der Waals surface area contributed by atoms with Gasteiger partial charge in [0.25, 0.3) is 0 Å². The summed E-state index contributed by atoms with van der Waals surface area (Å²) in [7, 11) is -1.11. The number of nitrogens with one attached hydrogen (secondary N) is 1. The highest BCUT2D eigenvalue weighted by Gasteiger charge is 2.34. The lowest BCUT2D eigenvalue weighted by atomic mass is 10.1. The van der Waals surface area contributed by atoms with Gasteiger partial charge in [-0.2, -0.15) is 9.97 Å². The van der Waals surface area contributed by atoms with E-state index in [0.717, 1.165) is 0 Å². The maximum absolute atomic E-state index is 13.4. The molecule has 3 aromatic heterocycles. The Hall–Kier alpha value is -3.10. The van der Waals surface area contributed by atoms with Crippen molar-refractivity contribution >= 4 is 27.6 Å². The molecule has 0 radical (unpaired) electrons. The zero-order valence-corrected chi connectivity index (χ0v) is 21.1. The summed E-state index contributed by atoms with van der Waals surface area (Å²) in [6.45, 7) is 4.23. The summed E-state index contributed by atoms with van der Waals surface area (Å²) < 4.78 is 47.3. The number of nitrogens with zero attached hydrogens (tertiary/aromatic N) is 7. The number of rotatable bonds is 9. The van der Waals surface area contributed by atoms with Crippen LogP contribution >= 0.6 is 11.6 Å². The normalized spacial score (nSPS) is 17.7. The van der Waals surface area contributed by atoms with Crippen molar-refractivity contribution in [1.29, 1.82) is 0 Å². The summed E-state index contributed by atoms with van der Waals surface area (Å²) in [5, 5.41) is 7.86. The van der Waals surface area contributed by atoms with E-state index in [1.54, 1.807) is 13.8 Å². The van der Waals surface area contributed by atoms with E-state index in [1.807, 2.05) is 0 Å². The highest BCUT2D eigenvalue weighted by Crippen LogP contribution is 2.36. The molecule has 15 heteroatoms. The van der Waals surface area contributed by atoms with Crippen LogP contribution in [0.4, 0.5) is 5.95 Å². The molecule has 188 valence electrons. The van der Waals surface area contributed by atoms with Gasteiger partial charge < -0.3 is 14.2 Å². The van der Waals surface area contributed by atoms with E-state index in [1.165, 1.54) is 37.5 Å². The number of methoxy groups -OCH3 is 2. The molecule has 1 aliphatic rings. The van der Waals surface area contributed by atoms with E-state index < -0.39 is 21.2 Å². The molecule has 0 aliphatic carbocycles. The summed E-state index contributed by atoms with van der Waals surface area (Å²) in [6, 6.07) is 0. The topological polar surface area (TPSA) is 156 Å². The van der Waals surface area contributed by atoms with Gasteiger partial charge in [0.2, 0.25) is 27.7 Å². The minimum absolute atomic E-state index is 0.0608. The van der Waals surface area contributed by atoms with Crippen molar-refractivity contribution in [3.05, 3.63) is 35.4 Å².